The number of hydrogen-bond donors (Lipinski definition) is 1. The van der Waals surface area contributed by atoms with E-state index in [1.807, 2.05) is 26.8 Å². The Kier molecular flexibility index (Phi) is 7.01. The Morgan fingerprint density at radius 2 is 1.75 bits per heavy atom. The van der Waals surface area contributed by atoms with E-state index in [1.54, 1.807) is 12.1 Å². The maximum atomic E-state index is 11.2. The number of aryl methyl sites for hydroxylation is 1. The number of amides is 2. The number of carbonyl (C=O) groups is 4. The highest BCUT2D eigenvalue weighted by molar-refractivity contribution is 6.08. The van der Waals surface area contributed by atoms with Crippen LogP contribution in [0.5, 0.6) is 0 Å². The van der Waals surface area contributed by atoms with Crippen molar-refractivity contribution in [3.8, 4) is 0 Å². The summed E-state index contributed by atoms with van der Waals surface area (Å²) in [6.07, 6.45) is 1.21. The van der Waals surface area contributed by atoms with Gasteiger partial charge in [0.2, 0.25) is 11.8 Å². The van der Waals surface area contributed by atoms with E-state index in [2.05, 4.69) is 5.32 Å². The van der Waals surface area contributed by atoms with Crippen LogP contribution in [0.2, 0.25) is 0 Å². The number of piperidine rings is 1. The van der Waals surface area contributed by atoms with E-state index in [1.165, 1.54) is 13.8 Å². The van der Waals surface area contributed by atoms with Gasteiger partial charge in [0, 0.05) is 23.5 Å². The van der Waals surface area contributed by atoms with Crippen molar-refractivity contribution in [2.45, 2.75) is 47.5 Å². The first-order valence-electron chi connectivity index (χ1n) is 8.10. The van der Waals surface area contributed by atoms with E-state index < -0.39 is 0 Å². The second-order valence-corrected chi connectivity index (χ2v) is 6.41. The van der Waals surface area contributed by atoms with Gasteiger partial charge in [0.25, 0.3) is 0 Å². The molecule has 0 radical (unpaired) electrons. The molecule has 5 heteroatoms. The highest BCUT2D eigenvalue weighted by Gasteiger charge is 2.28. The lowest BCUT2D eigenvalue weighted by atomic mass is 9.88. The van der Waals surface area contributed by atoms with Crippen LogP contribution >= 0.6 is 0 Å². The SMILES string of the molecule is CC(=O)c1cccc(C)c1C(C)=O.CC(C)C1CCC(=O)NC1=O. The summed E-state index contributed by atoms with van der Waals surface area (Å²) in [5, 5.41) is 2.33. The molecular formula is C19H25NO4. The van der Waals surface area contributed by atoms with E-state index in [0.717, 1.165) is 5.56 Å². The van der Waals surface area contributed by atoms with Gasteiger partial charge in [-0.3, -0.25) is 24.5 Å². The molecule has 1 N–H and O–H groups in total. The van der Waals surface area contributed by atoms with E-state index in [9.17, 15) is 19.2 Å². The van der Waals surface area contributed by atoms with Crippen molar-refractivity contribution in [1.82, 2.24) is 5.32 Å². The summed E-state index contributed by atoms with van der Waals surface area (Å²) in [4.78, 5) is 44.2. The van der Waals surface area contributed by atoms with Crippen LogP contribution in [0, 0.1) is 18.8 Å². The van der Waals surface area contributed by atoms with Gasteiger partial charge in [0.05, 0.1) is 0 Å². The van der Waals surface area contributed by atoms with Gasteiger partial charge in [-0.25, -0.2) is 0 Å². The molecule has 5 nitrogen and oxygen atoms in total. The summed E-state index contributed by atoms with van der Waals surface area (Å²) in [5.74, 6) is 0.0242. The molecule has 0 aliphatic carbocycles. The van der Waals surface area contributed by atoms with Gasteiger partial charge in [-0.1, -0.05) is 32.0 Å². The Morgan fingerprint density at radius 1 is 1.12 bits per heavy atom. The molecule has 0 saturated carbocycles. The standard InChI is InChI=1S/C11H12O2.C8H13NO2/c1-7-5-4-6-10(8(2)12)11(7)9(3)13;1-5(2)6-3-4-7(10)9-8(6)11/h4-6H,1-3H3;5-6H,3-4H2,1-2H3,(H,9,10,11). The highest BCUT2D eigenvalue weighted by Crippen LogP contribution is 2.20. The summed E-state index contributed by atoms with van der Waals surface area (Å²) in [6.45, 7) is 8.79. The lowest BCUT2D eigenvalue weighted by molar-refractivity contribution is -0.137. The normalized spacial score (nSPS) is 17.0. The molecule has 1 saturated heterocycles. The second-order valence-electron chi connectivity index (χ2n) is 6.41. The minimum Gasteiger partial charge on any atom is -0.296 e. The Hall–Kier alpha value is -2.30. The van der Waals surface area contributed by atoms with Gasteiger partial charge in [-0.05, 0) is 38.7 Å². The highest BCUT2D eigenvalue weighted by atomic mass is 16.2. The lowest BCUT2D eigenvalue weighted by Gasteiger charge is -2.23. The molecule has 0 spiro atoms. The molecule has 0 aromatic heterocycles. The molecule has 1 aliphatic heterocycles. The van der Waals surface area contributed by atoms with Crippen LogP contribution in [0.4, 0.5) is 0 Å². The average Bonchev–Trinajstić information content (AvgIpc) is 2.46. The van der Waals surface area contributed by atoms with Crippen molar-refractivity contribution in [3.63, 3.8) is 0 Å². The predicted molar refractivity (Wildman–Crippen MR) is 91.9 cm³/mol. The smallest absolute Gasteiger partial charge is 0.229 e. The number of hydrogen-bond acceptors (Lipinski definition) is 4. The predicted octanol–water partition coefficient (Wildman–Crippen LogP) is 3.10. The minimum atomic E-state index is -0.132. The van der Waals surface area contributed by atoms with Crippen LogP contribution in [0.1, 0.15) is 66.8 Å². The average molecular weight is 331 g/mol. The molecule has 1 fully saturated rings. The fourth-order valence-electron chi connectivity index (χ4n) is 2.77. The Balaban J connectivity index is 0.000000243. The van der Waals surface area contributed by atoms with Crippen LogP contribution < -0.4 is 5.32 Å². The summed E-state index contributed by atoms with van der Waals surface area (Å²) in [5.41, 5.74) is 1.93. The first-order chi connectivity index (χ1) is 11.1. The molecule has 2 rings (SSSR count). The molecule has 1 unspecified atom stereocenters. The van der Waals surface area contributed by atoms with Crippen LogP contribution in [0.15, 0.2) is 18.2 Å². The lowest BCUT2D eigenvalue weighted by Crippen LogP contribution is -2.42. The first kappa shape index (κ1) is 19.7. The Morgan fingerprint density at radius 3 is 2.17 bits per heavy atom. The zero-order chi connectivity index (χ0) is 18.4. The van der Waals surface area contributed by atoms with E-state index in [-0.39, 0.29) is 29.3 Å². The van der Waals surface area contributed by atoms with Crippen LogP contribution in [-0.2, 0) is 9.59 Å². The van der Waals surface area contributed by atoms with Gasteiger partial charge in [-0.15, -0.1) is 0 Å². The molecule has 0 bridgehead atoms. The van der Waals surface area contributed by atoms with Crippen molar-refractivity contribution < 1.29 is 19.2 Å². The minimum absolute atomic E-state index is 0.0349. The third-order valence-electron chi connectivity index (χ3n) is 4.09. The molecule has 2 amide bonds. The Labute approximate surface area is 142 Å². The quantitative estimate of drug-likeness (QED) is 0.682. The number of rotatable bonds is 3. The molecule has 24 heavy (non-hydrogen) atoms. The monoisotopic (exact) mass is 331 g/mol. The zero-order valence-corrected chi connectivity index (χ0v) is 14.9. The Bertz CT molecular complexity index is 661. The van der Waals surface area contributed by atoms with Crippen LogP contribution in [0.3, 0.4) is 0 Å². The number of ketones is 2. The molecule has 1 atom stereocenters. The molecule has 1 aromatic rings. The maximum absolute atomic E-state index is 11.2. The van der Waals surface area contributed by atoms with Crippen molar-refractivity contribution in [3.05, 3.63) is 34.9 Å². The van der Waals surface area contributed by atoms with Gasteiger partial charge in [0.15, 0.2) is 11.6 Å². The molecule has 1 aromatic carbocycles. The molecule has 130 valence electrons. The number of benzene rings is 1. The third-order valence-corrected chi connectivity index (χ3v) is 4.09. The number of Topliss-reactive ketones (excluding diaryl/α,β-unsaturated/α-hetero) is 2. The van der Waals surface area contributed by atoms with E-state index >= 15 is 0 Å². The first-order valence-corrected chi connectivity index (χ1v) is 8.10. The van der Waals surface area contributed by atoms with Gasteiger partial charge in [0.1, 0.15) is 0 Å². The topological polar surface area (TPSA) is 80.3 Å². The fourth-order valence-corrected chi connectivity index (χ4v) is 2.77. The largest absolute Gasteiger partial charge is 0.296 e. The van der Waals surface area contributed by atoms with Crippen molar-refractivity contribution in [2.75, 3.05) is 0 Å². The van der Waals surface area contributed by atoms with Gasteiger partial charge >= 0.3 is 0 Å². The zero-order valence-electron chi connectivity index (χ0n) is 14.9. The molecule has 1 heterocycles. The van der Waals surface area contributed by atoms with Crippen molar-refractivity contribution >= 4 is 23.4 Å². The number of nitrogens with one attached hydrogen (secondary N) is 1. The van der Waals surface area contributed by atoms with E-state index in [0.29, 0.717) is 29.9 Å². The van der Waals surface area contributed by atoms with Crippen molar-refractivity contribution in [1.29, 1.82) is 0 Å². The van der Waals surface area contributed by atoms with Crippen LogP contribution in [0.25, 0.3) is 0 Å². The summed E-state index contributed by atoms with van der Waals surface area (Å²) in [7, 11) is 0. The summed E-state index contributed by atoms with van der Waals surface area (Å²) in [6, 6.07) is 5.31. The van der Waals surface area contributed by atoms with Crippen LogP contribution in [-0.4, -0.2) is 23.4 Å². The third kappa shape index (κ3) is 5.11. The summed E-state index contributed by atoms with van der Waals surface area (Å²) >= 11 is 0. The number of imide groups is 1. The van der Waals surface area contributed by atoms with Gasteiger partial charge in [-0.2, -0.15) is 0 Å². The molecular weight excluding hydrogens is 306 g/mol. The molecule has 1 aliphatic rings. The van der Waals surface area contributed by atoms with Crippen molar-refractivity contribution in [2.24, 2.45) is 11.8 Å². The maximum Gasteiger partial charge on any atom is 0.229 e. The fraction of sp³-hybridized carbons (Fsp3) is 0.474. The van der Waals surface area contributed by atoms with Gasteiger partial charge < -0.3 is 0 Å². The second kappa shape index (κ2) is 8.52. The van der Waals surface area contributed by atoms with E-state index in [4.69, 9.17) is 0 Å². The summed E-state index contributed by atoms with van der Waals surface area (Å²) < 4.78 is 0. The number of carbonyl (C=O) groups excluding carboxylic acids is 4.